The van der Waals surface area contributed by atoms with Gasteiger partial charge in [0.1, 0.15) is 0 Å². The Labute approximate surface area is 120 Å². The summed E-state index contributed by atoms with van der Waals surface area (Å²) in [6.07, 6.45) is 3.10. The lowest BCUT2D eigenvalue weighted by atomic mass is 9.81. The zero-order chi connectivity index (χ0) is 14.5. The maximum absolute atomic E-state index is 10.6. The first-order valence-electron chi connectivity index (χ1n) is 6.38. The maximum atomic E-state index is 10.6. The molecule has 5 heteroatoms. The minimum Gasteiger partial charge on any atom is -0.286 e. The normalized spacial score (nSPS) is 12.6. The molecular weight excluding hydrogens is 284 g/mol. The standard InChI is InChI=1S/C14H21ClO3S/c1-14(2,8-3-4-9-19(16,17)18)11-12-6-5-7-13(15)10-12/h5-7,10H,3-4,8-9,11H2,1-2H3,(H,16,17,18). The Morgan fingerprint density at radius 2 is 1.95 bits per heavy atom. The highest BCUT2D eigenvalue weighted by atomic mass is 35.5. The molecule has 0 saturated heterocycles. The topological polar surface area (TPSA) is 54.4 Å². The zero-order valence-electron chi connectivity index (χ0n) is 11.4. The van der Waals surface area contributed by atoms with Gasteiger partial charge in [-0.05, 0) is 42.4 Å². The highest BCUT2D eigenvalue weighted by molar-refractivity contribution is 7.85. The summed E-state index contributed by atoms with van der Waals surface area (Å²) in [6.45, 7) is 4.31. The highest BCUT2D eigenvalue weighted by Crippen LogP contribution is 2.29. The molecule has 0 aliphatic rings. The number of rotatable bonds is 7. The predicted molar refractivity (Wildman–Crippen MR) is 79.2 cm³/mol. The molecule has 0 amide bonds. The van der Waals surface area contributed by atoms with Gasteiger partial charge in [0.2, 0.25) is 0 Å². The quantitative estimate of drug-likeness (QED) is 0.612. The van der Waals surface area contributed by atoms with Crippen molar-refractivity contribution in [2.75, 3.05) is 5.75 Å². The molecule has 1 rings (SSSR count). The van der Waals surface area contributed by atoms with E-state index >= 15 is 0 Å². The van der Waals surface area contributed by atoms with E-state index in [1.165, 1.54) is 5.56 Å². The SMILES string of the molecule is CC(C)(CCCCS(=O)(=O)O)Cc1cccc(Cl)c1. The van der Waals surface area contributed by atoms with Gasteiger partial charge in [-0.3, -0.25) is 4.55 Å². The second-order valence-corrected chi connectivity index (χ2v) is 7.72. The summed E-state index contributed by atoms with van der Waals surface area (Å²) in [5, 5.41) is 0.736. The van der Waals surface area contributed by atoms with Crippen LogP contribution >= 0.6 is 11.6 Å². The van der Waals surface area contributed by atoms with E-state index in [0.29, 0.717) is 6.42 Å². The average molecular weight is 305 g/mol. The zero-order valence-corrected chi connectivity index (χ0v) is 13.0. The summed E-state index contributed by atoms with van der Waals surface area (Å²) in [5.74, 6) is -0.153. The average Bonchev–Trinajstić information content (AvgIpc) is 2.22. The van der Waals surface area contributed by atoms with Gasteiger partial charge in [-0.1, -0.05) is 44.0 Å². The fourth-order valence-corrected chi connectivity index (χ4v) is 2.96. The summed E-state index contributed by atoms with van der Waals surface area (Å²) in [4.78, 5) is 0. The molecule has 0 aliphatic carbocycles. The summed E-state index contributed by atoms with van der Waals surface area (Å²) in [7, 11) is -3.82. The molecular formula is C14H21ClO3S. The molecule has 0 aromatic heterocycles. The van der Waals surface area contributed by atoms with Gasteiger partial charge in [0.05, 0.1) is 5.75 Å². The number of hydrogen-bond donors (Lipinski definition) is 1. The molecule has 1 aromatic carbocycles. The summed E-state index contributed by atoms with van der Waals surface area (Å²) >= 11 is 5.96. The second-order valence-electron chi connectivity index (χ2n) is 5.71. The van der Waals surface area contributed by atoms with Crippen molar-refractivity contribution in [3.05, 3.63) is 34.9 Å². The first kappa shape index (κ1) is 16.5. The van der Waals surface area contributed by atoms with Gasteiger partial charge >= 0.3 is 0 Å². The van der Waals surface area contributed by atoms with Crippen molar-refractivity contribution < 1.29 is 13.0 Å². The van der Waals surface area contributed by atoms with Crippen molar-refractivity contribution in [2.45, 2.75) is 39.5 Å². The number of hydrogen-bond acceptors (Lipinski definition) is 2. The van der Waals surface area contributed by atoms with E-state index in [0.717, 1.165) is 24.3 Å². The molecule has 1 N–H and O–H groups in total. The lowest BCUT2D eigenvalue weighted by Crippen LogP contribution is -2.15. The van der Waals surface area contributed by atoms with Crippen LogP contribution in [0.2, 0.25) is 5.02 Å². The van der Waals surface area contributed by atoms with E-state index in [-0.39, 0.29) is 11.2 Å². The molecule has 0 radical (unpaired) electrons. The third-order valence-corrected chi connectivity index (χ3v) is 4.12. The predicted octanol–water partition coefficient (Wildman–Crippen LogP) is 3.97. The van der Waals surface area contributed by atoms with E-state index in [1.807, 2.05) is 24.3 Å². The minimum absolute atomic E-state index is 0.0872. The Morgan fingerprint density at radius 1 is 1.26 bits per heavy atom. The van der Waals surface area contributed by atoms with Crippen molar-refractivity contribution in [1.82, 2.24) is 0 Å². The molecule has 0 spiro atoms. The van der Waals surface area contributed by atoms with Crippen molar-refractivity contribution >= 4 is 21.7 Å². The summed E-state index contributed by atoms with van der Waals surface area (Å²) < 4.78 is 29.9. The first-order chi connectivity index (χ1) is 8.68. The lowest BCUT2D eigenvalue weighted by Gasteiger charge is -2.24. The molecule has 3 nitrogen and oxygen atoms in total. The fourth-order valence-electron chi connectivity index (χ4n) is 2.18. The molecule has 0 saturated carbocycles. The van der Waals surface area contributed by atoms with Crippen molar-refractivity contribution in [1.29, 1.82) is 0 Å². The molecule has 0 fully saturated rings. The molecule has 108 valence electrons. The summed E-state index contributed by atoms with van der Waals surface area (Å²) in [6, 6.07) is 7.80. The van der Waals surface area contributed by atoms with Crippen molar-refractivity contribution in [3.8, 4) is 0 Å². The van der Waals surface area contributed by atoms with Crippen LogP contribution in [-0.2, 0) is 16.5 Å². The van der Waals surface area contributed by atoms with Crippen LogP contribution in [0.25, 0.3) is 0 Å². The van der Waals surface area contributed by atoms with E-state index < -0.39 is 10.1 Å². The molecule has 19 heavy (non-hydrogen) atoms. The monoisotopic (exact) mass is 304 g/mol. The van der Waals surface area contributed by atoms with E-state index in [2.05, 4.69) is 13.8 Å². The molecule has 0 atom stereocenters. The van der Waals surface area contributed by atoms with Crippen LogP contribution in [0.1, 0.15) is 38.7 Å². The Balaban J connectivity index is 2.43. The fraction of sp³-hybridized carbons (Fsp3) is 0.571. The number of benzene rings is 1. The Morgan fingerprint density at radius 3 is 2.53 bits per heavy atom. The van der Waals surface area contributed by atoms with Crippen LogP contribution in [-0.4, -0.2) is 18.7 Å². The third-order valence-electron chi connectivity index (χ3n) is 3.08. The smallest absolute Gasteiger partial charge is 0.264 e. The van der Waals surface area contributed by atoms with Crippen molar-refractivity contribution in [3.63, 3.8) is 0 Å². The van der Waals surface area contributed by atoms with Gasteiger partial charge in [-0.15, -0.1) is 0 Å². The molecule has 0 aliphatic heterocycles. The van der Waals surface area contributed by atoms with Crippen LogP contribution in [0.3, 0.4) is 0 Å². The number of unbranched alkanes of at least 4 members (excludes halogenated alkanes) is 1. The summed E-state index contributed by atoms with van der Waals surface area (Å²) in [5.41, 5.74) is 1.27. The second kappa shape index (κ2) is 6.73. The van der Waals surface area contributed by atoms with Crippen LogP contribution in [0.5, 0.6) is 0 Å². The van der Waals surface area contributed by atoms with Gasteiger partial charge in [0.15, 0.2) is 0 Å². The van der Waals surface area contributed by atoms with Crippen LogP contribution in [0.15, 0.2) is 24.3 Å². The minimum atomic E-state index is -3.82. The van der Waals surface area contributed by atoms with E-state index in [4.69, 9.17) is 16.2 Å². The highest BCUT2D eigenvalue weighted by Gasteiger charge is 2.18. The molecule has 0 unspecified atom stereocenters. The van der Waals surface area contributed by atoms with E-state index in [9.17, 15) is 8.42 Å². The first-order valence-corrected chi connectivity index (χ1v) is 8.36. The largest absolute Gasteiger partial charge is 0.286 e. The molecule has 1 aromatic rings. The molecule has 0 heterocycles. The van der Waals surface area contributed by atoms with E-state index in [1.54, 1.807) is 0 Å². The third kappa shape index (κ3) is 7.55. The Hall–Kier alpha value is -0.580. The van der Waals surface area contributed by atoms with Gasteiger partial charge in [-0.25, -0.2) is 0 Å². The molecule has 0 bridgehead atoms. The van der Waals surface area contributed by atoms with Crippen LogP contribution < -0.4 is 0 Å². The van der Waals surface area contributed by atoms with Crippen LogP contribution in [0, 0.1) is 5.41 Å². The van der Waals surface area contributed by atoms with Gasteiger partial charge in [0, 0.05) is 5.02 Å². The van der Waals surface area contributed by atoms with Gasteiger partial charge in [0.25, 0.3) is 10.1 Å². The number of halogens is 1. The Bertz CT molecular complexity index is 509. The maximum Gasteiger partial charge on any atom is 0.264 e. The van der Waals surface area contributed by atoms with Gasteiger partial charge in [-0.2, -0.15) is 8.42 Å². The lowest BCUT2D eigenvalue weighted by molar-refractivity contribution is 0.321. The van der Waals surface area contributed by atoms with Crippen molar-refractivity contribution in [2.24, 2.45) is 5.41 Å². The van der Waals surface area contributed by atoms with Gasteiger partial charge < -0.3 is 0 Å². The van der Waals surface area contributed by atoms with Crippen LogP contribution in [0.4, 0.5) is 0 Å². The Kier molecular flexibility index (Phi) is 5.83.